The van der Waals surface area contributed by atoms with Gasteiger partial charge in [0.2, 0.25) is 5.91 Å². The average Bonchev–Trinajstić information content (AvgIpc) is 2.34. The van der Waals surface area contributed by atoms with E-state index in [1.165, 1.54) is 18.2 Å². The predicted molar refractivity (Wildman–Crippen MR) is 68.4 cm³/mol. The van der Waals surface area contributed by atoms with E-state index in [2.05, 4.69) is 0 Å². The summed E-state index contributed by atoms with van der Waals surface area (Å²) in [5.74, 6) is -1.99. The molecular weight excluding hydrogens is 313 g/mol. The first-order valence-electron chi connectivity index (χ1n) is 5.67. The summed E-state index contributed by atoms with van der Waals surface area (Å²) in [6.45, 7) is 0.461. The van der Waals surface area contributed by atoms with Gasteiger partial charge in [-0.25, -0.2) is 0 Å². The first-order valence-corrected chi connectivity index (χ1v) is 6.05. The van der Waals surface area contributed by atoms with Gasteiger partial charge < -0.3 is 5.11 Å². The van der Waals surface area contributed by atoms with E-state index in [0.29, 0.717) is 6.92 Å². The van der Waals surface area contributed by atoms with Crippen LogP contribution < -0.4 is 10.9 Å². The van der Waals surface area contributed by atoms with Gasteiger partial charge in [-0.15, -0.1) is 0 Å². The van der Waals surface area contributed by atoms with E-state index in [-0.39, 0.29) is 10.6 Å². The number of amides is 2. The Morgan fingerprint density at radius 2 is 1.81 bits per heavy atom. The van der Waals surface area contributed by atoms with Gasteiger partial charge in [0, 0.05) is 0 Å². The Balaban J connectivity index is 2.58. The zero-order chi connectivity index (χ0) is 16.3. The van der Waals surface area contributed by atoms with Crippen LogP contribution in [0.15, 0.2) is 24.3 Å². The standard InChI is InChI=1S/C12H12ClF3N2O3/c1-11(21,12(14,15)16)6-9(19)17-18-10(20)7-4-2-3-5-8(7)13/h2-5,21H,6H2,1H3,(H,17,19)(H,18,20)/t11-/m1/s1. The smallest absolute Gasteiger partial charge is 0.380 e. The maximum Gasteiger partial charge on any atom is 0.417 e. The largest absolute Gasteiger partial charge is 0.417 e. The summed E-state index contributed by atoms with van der Waals surface area (Å²) in [5.41, 5.74) is 0.547. The quantitative estimate of drug-likeness (QED) is 0.742. The predicted octanol–water partition coefficient (Wildman–Crippen LogP) is 1.80. The lowest BCUT2D eigenvalue weighted by Crippen LogP contribution is -2.49. The molecule has 0 saturated carbocycles. The Bertz CT molecular complexity index is 547. The molecular formula is C12H12ClF3N2O3. The lowest BCUT2D eigenvalue weighted by Gasteiger charge is -2.25. The summed E-state index contributed by atoms with van der Waals surface area (Å²) in [6, 6.07) is 5.91. The average molecular weight is 325 g/mol. The molecule has 1 atom stereocenters. The summed E-state index contributed by atoms with van der Waals surface area (Å²) >= 11 is 5.74. The van der Waals surface area contributed by atoms with Crippen molar-refractivity contribution in [2.75, 3.05) is 0 Å². The van der Waals surface area contributed by atoms with Crippen LogP contribution in [0.1, 0.15) is 23.7 Å². The van der Waals surface area contributed by atoms with Gasteiger partial charge in [-0.3, -0.25) is 20.4 Å². The third-order valence-corrected chi connectivity index (χ3v) is 2.88. The van der Waals surface area contributed by atoms with Crippen molar-refractivity contribution in [2.24, 2.45) is 0 Å². The Morgan fingerprint density at radius 3 is 2.33 bits per heavy atom. The fourth-order valence-electron chi connectivity index (χ4n) is 1.30. The van der Waals surface area contributed by atoms with Crippen LogP contribution in [0.2, 0.25) is 5.02 Å². The number of aliphatic hydroxyl groups is 1. The van der Waals surface area contributed by atoms with E-state index in [1.807, 2.05) is 5.43 Å². The number of hydrazine groups is 1. The lowest BCUT2D eigenvalue weighted by atomic mass is 10.0. The second kappa shape index (κ2) is 6.31. The van der Waals surface area contributed by atoms with Crippen LogP contribution in [0.5, 0.6) is 0 Å². The molecule has 1 aromatic carbocycles. The van der Waals surface area contributed by atoms with Crippen molar-refractivity contribution in [1.29, 1.82) is 0 Å². The second-order valence-electron chi connectivity index (χ2n) is 4.43. The molecule has 0 unspecified atom stereocenters. The highest BCUT2D eigenvalue weighted by Gasteiger charge is 2.51. The summed E-state index contributed by atoms with van der Waals surface area (Å²) in [6.07, 6.45) is -6.21. The Kier molecular flexibility index (Phi) is 5.19. The van der Waals surface area contributed by atoms with Crippen molar-refractivity contribution in [1.82, 2.24) is 10.9 Å². The van der Waals surface area contributed by atoms with Crippen LogP contribution in [0, 0.1) is 0 Å². The molecule has 0 aromatic heterocycles. The monoisotopic (exact) mass is 324 g/mol. The highest BCUT2D eigenvalue weighted by atomic mass is 35.5. The minimum atomic E-state index is -4.96. The van der Waals surface area contributed by atoms with Crippen molar-refractivity contribution in [3.8, 4) is 0 Å². The van der Waals surface area contributed by atoms with E-state index in [9.17, 15) is 22.8 Å². The number of carbonyl (C=O) groups excluding carboxylic acids is 2. The molecule has 0 heterocycles. The molecule has 0 bridgehead atoms. The molecule has 0 radical (unpaired) electrons. The molecule has 0 saturated heterocycles. The van der Waals surface area contributed by atoms with Crippen LogP contribution in [-0.4, -0.2) is 28.7 Å². The van der Waals surface area contributed by atoms with Gasteiger partial charge >= 0.3 is 6.18 Å². The molecule has 116 valence electrons. The zero-order valence-corrected chi connectivity index (χ0v) is 11.5. The fourth-order valence-corrected chi connectivity index (χ4v) is 1.52. The van der Waals surface area contributed by atoms with Gasteiger partial charge in [0.15, 0.2) is 5.60 Å². The number of rotatable bonds is 3. The van der Waals surface area contributed by atoms with E-state index in [4.69, 9.17) is 16.7 Å². The number of benzene rings is 1. The topological polar surface area (TPSA) is 78.4 Å². The normalized spacial score (nSPS) is 14.2. The summed E-state index contributed by atoms with van der Waals surface area (Å²) in [4.78, 5) is 22.9. The summed E-state index contributed by atoms with van der Waals surface area (Å²) < 4.78 is 37.1. The van der Waals surface area contributed by atoms with Crippen LogP contribution in [0.25, 0.3) is 0 Å². The van der Waals surface area contributed by atoms with E-state index in [1.54, 1.807) is 11.5 Å². The first kappa shape index (κ1) is 17.3. The molecule has 0 spiro atoms. The zero-order valence-electron chi connectivity index (χ0n) is 10.8. The second-order valence-corrected chi connectivity index (χ2v) is 4.84. The van der Waals surface area contributed by atoms with Gasteiger partial charge in [-0.1, -0.05) is 23.7 Å². The maximum absolute atomic E-state index is 12.4. The Morgan fingerprint density at radius 1 is 1.24 bits per heavy atom. The molecule has 5 nitrogen and oxygen atoms in total. The van der Waals surface area contributed by atoms with Crippen molar-refractivity contribution in [3.63, 3.8) is 0 Å². The van der Waals surface area contributed by atoms with Crippen LogP contribution >= 0.6 is 11.6 Å². The Labute approximate surface area is 123 Å². The molecule has 3 N–H and O–H groups in total. The van der Waals surface area contributed by atoms with Gasteiger partial charge in [0.25, 0.3) is 5.91 Å². The van der Waals surface area contributed by atoms with E-state index >= 15 is 0 Å². The Hall–Kier alpha value is -1.80. The van der Waals surface area contributed by atoms with Gasteiger partial charge in [0.05, 0.1) is 17.0 Å². The van der Waals surface area contributed by atoms with Crippen LogP contribution in [0.4, 0.5) is 13.2 Å². The maximum atomic E-state index is 12.4. The highest BCUT2D eigenvalue weighted by Crippen LogP contribution is 2.32. The third-order valence-electron chi connectivity index (χ3n) is 2.55. The SMILES string of the molecule is C[C@@](O)(CC(=O)NNC(=O)c1ccccc1Cl)C(F)(F)F. The van der Waals surface area contributed by atoms with Crippen LogP contribution in [-0.2, 0) is 4.79 Å². The van der Waals surface area contributed by atoms with Crippen LogP contribution in [0.3, 0.4) is 0 Å². The molecule has 21 heavy (non-hydrogen) atoms. The number of carbonyl (C=O) groups is 2. The summed E-state index contributed by atoms with van der Waals surface area (Å²) in [5, 5.41) is 9.25. The molecule has 0 aliphatic carbocycles. The number of alkyl halides is 3. The number of hydrogen-bond donors (Lipinski definition) is 3. The van der Waals surface area contributed by atoms with E-state index < -0.39 is 30.0 Å². The third kappa shape index (κ3) is 4.61. The minimum absolute atomic E-state index is 0.0436. The fraction of sp³-hybridized carbons (Fsp3) is 0.333. The molecule has 0 fully saturated rings. The number of nitrogens with one attached hydrogen (secondary N) is 2. The molecule has 2 amide bonds. The minimum Gasteiger partial charge on any atom is -0.380 e. The van der Waals surface area contributed by atoms with E-state index in [0.717, 1.165) is 0 Å². The van der Waals surface area contributed by atoms with Crippen molar-refractivity contribution in [2.45, 2.75) is 25.1 Å². The van der Waals surface area contributed by atoms with Crippen molar-refractivity contribution in [3.05, 3.63) is 34.9 Å². The first-order chi connectivity index (χ1) is 9.54. The highest BCUT2D eigenvalue weighted by molar-refractivity contribution is 6.33. The van der Waals surface area contributed by atoms with Crippen molar-refractivity contribution < 1.29 is 27.9 Å². The lowest BCUT2D eigenvalue weighted by molar-refractivity contribution is -0.253. The van der Waals surface area contributed by atoms with Gasteiger partial charge in [-0.2, -0.15) is 13.2 Å². The molecule has 1 rings (SSSR count). The molecule has 1 aromatic rings. The number of halogens is 4. The number of hydrogen-bond acceptors (Lipinski definition) is 3. The van der Waals surface area contributed by atoms with Gasteiger partial charge in [-0.05, 0) is 19.1 Å². The van der Waals surface area contributed by atoms with Crippen molar-refractivity contribution >= 4 is 23.4 Å². The molecule has 0 aliphatic rings. The van der Waals surface area contributed by atoms with Gasteiger partial charge in [0.1, 0.15) is 0 Å². The summed E-state index contributed by atoms with van der Waals surface area (Å²) in [7, 11) is 0. The molecule has 0 aliphatic heterocycles. The molecule has 9 heteroatoms.